The SMILES string of the molecule is CCN(Cc1ccc(C(=O)N(C)C)cc1)CC(C)(C)O. The molecule has 0 heterocycles. The highest BCUT2D eigenvalue weighted by Gasteiger charge is 2.17. The molecule has 0 aromatic heterocycles. The van der Waals surface area contributed by atoms with E-state index in [1.165, 1.54) is 0 Å². The van der Waals surface area contributed by atoms with Crippen LogP contribution in [0.2, 0.25) is 0 Å². The Morgan fingerprint density at radius 2 is 1.75 bits per heavy atom. The van der Waals surface area contributed by atoms with Crippen LogP contribution in [0.15, 0.2) is 24.3 Å². The Morgan fingerprint density at radius 1 is 1.20 bits per heavy atom. The predicted molar refractivity (Wildman–Crippen MR) is 81.7 cm³/mol. The molecular formula is C16H26N2O2. The van der Waals surface area contributed by atoms with Crippen molar-refractivity contribution in [3.05, 3.63) is 35.4 Å². The molecule has 112 valence electrons. The van der Waals surface area contributed by atoms with Gasteiger partial charge >= 0.3 is 0 Å². The third kappa shape index (κ3) is 5.31. The summed E-state index contributed by atoms with van der Waals surface area (Å²) in [5.74, 6) is 0.0142. The Bertz CT molecular complexity index is 433. The summed E-state index contributed by atoms with van der Waals surface area (Å²) >= 11 is 0. The summed E-state index contributed by atoms with van der Waals surface area (Å²) in [6, 6.07) is 7.67. The maximum absolute atomic E-state index is 11.8. The first-order chi connectivity index (χ1) is 9.23. The quantitative estimate of drug-likeness (QED) is 0.865. The lowest BCUT2D eigenvalue weighted by molar-refractivity contribution is 0.0353. The van der Waals surface area contributed by atoms with E-state index >= 15 is 0 Å². The van der Waals surface area contributed by atoms with Gasteiger partial charge in [0, 0.05) is 32.7 Å². The third-order valence-corrected chi connectivity index (χ3v) is 3.07. The minimum absolute atomic E-state index is 0.0142. The van der Waals surface area contributed by atoms with Gasteiger partial charge in [0.15, 0.2) is 0 Å². The number of likely N-dealkylation sites (N-methyl/N-ethyl adjacent to an activating group) is 1. The van der Waals surface area contributed by atoms with Crippen LogP contribution < -0.4 is 0 Å². The van der Waals surface area contributed by atoms with Crippen LogP contribution in [0.5, 0.6) is 0 Å². The molecule has 1 amide bonds. The molecule has 1 rings (SSSR count). The third-order valence-electron chi connectivity index (χ3n) is 3.07. The topological polar surface area (TPSA) is 43.8 Å². The van der Waals surface area contributed by atoms with E-state index in [9.17, 15) is 9.90 Å². The standard InChI is InChI=1S/C16H26N2O2/c1-6-18(12-16(2,3)20)11-13-7-9-14(10-8-13)15(19)17(4)5/h7-10,20H,6,11-12H2,1-5H3. The van der Waals surface area contributed by atoms with Crippen LogP contribution in [0, 0.1) is 0 Å². The molecule has 0 saturated carbocycles. The monoisotopic (exact) mass is 278 g/mol. The van der Waals surface area contributed by atoms with E-state index in [2.05, 4.69) is 11.8 Å². The molecule has 20 heavy (non-hydrogen) atoms. The molecule has 0 spiro atoms. The number of carbonyl (C=O) groups excluding carboxylic acids is 1. The van der Waals surface area contributed by atoms with Gasteiger partial charge in [-0.25, -0.2) is 0 Å². The second-order valence-corrected chi connectivity index (χ2v) is 6.01. The van der Waals surface area contributed by atoms with E-state index in [1.54, 1.807) is 19.0 Å². The van der Waals surface area contributed by atoms with E-state index in [-0.39, 0.29) is 5.91 Å². The van der Waals surface area contributed by atoms with Crippen molar-refractivity contribution in [2.24, 2.45) is 0 Å². The number of aliphatic hydroxyl groups is 1. The van der Waals surface area contributed by atoms with E-state index in [1.807, 2.05) is 38.1 Å². The molecule has 0 fully saturated rings. The summed E-state index contributed by atoms with van der Waals surface area (Å²) in [5.41, 5.74) is 1.15. The maximum Gasteiger partial charge on any atom is 0.253 e. The van der Waals surface area contributed by atoms with E-state index in [0.29, 0.717) is 12.1 Å². The summed E-state index contributed by atoms with van der Waals surface area (Å²) in [6.45, 7) is 7.99. The lowest BCUT2D eigenvalue weighted by Gasteiger charge is -2.28. The number of hydrogen-bond acceptors (Lipinski definition) is 3. The Hall–Kier alpha value is -1.39. The van der Waals surface area contributed by atoms with Gasteiger partial charge in [0.25, 0.3) is 5.91 Å². The second kappa shape index (κ2) is 6.86. The molecule has 0 radical (unpaired) electrons. The van der Waals surface area contributed by atoms with Crippen LogP contribution in [-0.2, 0) is 6.54 Å². The minimum atomic E-state index is -0.698. The molecule has 0 aliphatic heterocycles. The van der Waals surface area contributed by atoms with Crippen molar-refractivity contribution in [3.8, 4) is 0 Å². The highest BCUT2D eigenvalue weighted by molar-refractivity contribution is 5.93. The number of hydrogen-bond donors (Lipinski definition) is 1. The van der Waals surface area contributed by atoms with Gasteiger partial charge in [0.05, 0.1) is 5.60 Å². The van der Waals surface area contributed by atoms with Gasteiger partial charge in [-0.1, -0.05) is 19.1 Å². The Balaban J connectivity index is 2.71. The number of amides is 1. The zero-order valence-corrected chi connectivity index (χ0v) is 13.2. The molecule has 1 N–H and O–H groups in total. The molecule has 0 aliphatic rings. The van der Waals surface area contributed by atoms with Gasteiger partial charge in [0.1, 0.15) is 0 Å². The average Bonchev–Trinajstić information content (AvgIpc) is 2.36. The van der Waals surface area contributed by atoms with Crippen LogP contribution >= 0.6 is 0 Å². The van der Waals surface area contributed by atoms with E-state index in [4.69, 9.17) is 0 Å². The molecule has 0 unspecified atom stereocenters. The van der Waals surface area contributed by atoms with Gasteiger partial charge in [-0.05, 0) is 38.1 Å². The summed E-state index contributed by atoms with van der Waals surface area (Å²) in [7, 11) is 3.50. The second-order valence-electron chi connectivity index (χ2n) is 6.01. The highest BCUT2D eigenvalue weighted by Crippen LogP contribution is 2.12. The zero-order valence-electron chi connectivity index (χ0n) is 13.2. The molecule has 0 saturated heterocycles. The van der Waals surface area contributed by atoms with Gasteiger partial charge in [-0.15, -0.1) is 0 Å². The largest absolute Gasteiger partial charge is 0.389 e. The first-order valence-corrected chi connectivity index (χ1v) is 6.98. The fourth-order valence-electron chi connectivity index (χ4n) is 2.10. The van der Waals surface area contributed by atoms with Gasteiger partial charge in [-0.3, -0.25) is 9.69 Å². The Labute approximate surface area is 122 Å². The van der Waals surface area contributed by atoms with Crippen molar-refractivity contribution in [1.29, 1.82) is 0 Å². The van der Waals surface area contributed by atoms with Crippen molar-refractivity contribution in [2.45, 2.75) is 32.9 Å². The lowest BCUT2D eigenvalue weighted by Crippen LogP contribution is -2.38. The number of benzene rings is 1. The highest BCUT2D eigenvalue weighted by atomic mass is 16.3. The summed E-state index contributed by atoms with van der Waals surface area (Å²) in [5, 5.41) is 9.88. The first-order valence-electron chi connectivity index (χ1n) is 6.98. The van der Waals surface area contributed by atoms with Crippen molar-refractivity contribution in [2.75, 3.05) is 27.2 Å². The van der Waals surface area contributed by atoms with Gasteiger partial charge in [0.2, 0.25) is 0 Å². The number of rotatable bonds is 6. The molecule has 0 atom stereocenters. The van der Waals surface area contributed by atoms with E-state index < -0.39 is 5.60 Å². The molecular weight excluding hydrogens is 252 g/mol. The minimum Gasteiger partial charge on any atom is -0.389 e. The zero-order chi connectivity index (χ0) is 15.3. The van der Waals surface area contributed by atoms with Gasteiger partial charge in [-0.2, -0.15) is 0 Å². The molecule has 0 bridgehead atoms. The maximum atomic E-state index is 11.8. The average molecular weight is 278 g/mol. The van der Waals surface area contributed by atoms with Crippen LogP contribution in [0.1, 0.15) is 36.7 Å². The normalized spacial score (nSPS) is 11.8. The van der Waals surface area contributed by atoms with Crippen molar-refractivity contribution < 1.29 is 9.90 Å². The summed E-state index contributed by atoms with van der Waals surface area (Å²) < 4.78 is 0. The van der Waals surface area contributed by atoms with Crippen LogP contribution in [0.25, 0.3) is 0 Å². The summed E-state index contributed by atoms with van der Waals surface area (Å²) in [4.78, 5) is 15.6. The molecule has 4 nitrogen and oxygen atoms in total. The summed E-state index contributed by atoms with van der Waals surface area (Å²) in [6.07, 6.45) is 0. The fourth-order valence-corrected chi connectivity index (χ4v) is 2.10. The molecule has 4 heteroatoms. The predicted octanol–water partition coefficient (Wildman–Crippen LogP) is 1.98. The fraction of sp³-hybridized carbons (Fsp3) is 0.562. The van der Waals surface area contributed by atoms with Crippen LogP contribution in [0.3, 0.4) is 0 Å². The molecule has 0 aliphatic carbocycles. The number of carbonyl (C=O) groups is 1. The molecule has 1 aromatic rings. The van der Waals surface area contributed by atoms with E-state index in [0.717, 1.165) is 18.7 Å². The Kier molecular flexibility index (Phi) is 5.72. The molecule has 1 aromatic carbocycles. The van der Waals surface area contributed by atoms with Crippen molar-refractivity contribution in [1.82, 2.24) is 9.80 Å². The smallest absolute Gasteiger partial charge is 0.253 e. The van der Waals surface area contributed by atoms with Crippen LogP contribution in [-0.4, -0.2) is 53.6 Å². The lowest BCUT2D eigenvalue weighted by atomic mass is 10.1. The van der Waals surface area contributed by atoms with Gasteiger partial charge < -0.3 is 10.0 Å². The van der Waals surface area contributed by atoms with Crippen molar-refractivity contribution in [3.63, 3.8) is 0 Å². The van der Waals surface area contributed by atoms with Crippen molar-refractivity contribution >= 4 is 5.91 Å². The Morgan fingerprint density at radius 3 is 2.15 bits per heavy atom. The number of nitrogens with zero attached hydrogens (tertiary/aromatic N) is 2. The van der Waals surface area contributed by atoms with Crippen LogP contribution in [0.4, 0.5) is 0 Å². The first kappa shape index (κ1) is 16.7.